The Morgan fingerprint density at radius 3 is 1.19 bits per heavy atom. The summed E-state index contributed by atoms with van der Waals surface area (Å²) in [4.78, 5) is 0. The van der Waals surface area contributed by atoms with Crippen LogP contribution in [0.5, 0.6) is 0 Å². The van der Waals surface area contributed by atoms with Gasteiger partial charge in [0.1, 0.15) is 0 Å². The SMILES string of the molecule is CCCCP(c1ccccc1)c1ccccc1.CCC[CH-]P(c1ccccc1)c1ccccc1.[Cl-].[Cl-].[Pd+2]. The van der Waals surface area contributed by atoms with Gasteiger partial charge in [-0.2, -0.15) is 6.42 Å². The Kier molecular flexibility index (Phi) is 21.3. The third-order valence-electron chi connectivity index (χ3n) is 5.54. The summed E-state index contributed by atoms with van der Waals surface area (Å²) in [5.41, 5.74) is 0. The third-order valence-corrected chi connectivity index (χ3v) is 10.5. The maximum Gasteiger partial charge on any atom is 2.00 e. The van der Waals surface area contributed by atoms with Crippen molar-refractivity contribution in [1.29, 1.82) is 0 Å². The van der Waals surface area contributed by atoms with Crippen LogP contribution >= 0.6 is 15.8 Å². The number of halogens is 2. The Labute approximate surface area is 254 Å². The molecule has 0 nitrogen and oxygen atoms in total. The van der Waals surface area contributed by atoms with Crippen LogP contribution in [0.4, 0.5) is 0 Å². The van der Waals surface area contributed by atoms with E-state index < -0.39 is 0 Å². The number of rotatable bonds is 10. The van der Waals surface area contributed by atoms with E-state index in [1.54, 1.807) is 0 Å². The molecule has 4 rings (SSSR count). The van der Waals surface area contributed by atoms with E-state index in [0.29, 0.717) is 0 Å². The fraction of sp³-hybridized carbons (Fsp3) is 0.219. The van der Waals surface area contributed by atoms with E-state index in [0.717, 1.165) is 0 Å². The molecular weight excluding hydrogens is 624 g/mol. The van der Waals surface area contributed by atoms with Crippen LogP contribution in [0.3, 0.4) is 0 Å². The molecule has 37 heavy (non-hydrogen) atoms. The third kappa shape index (κ3) is 12.6. The van der Waals surface area contributed by atoms with Gasteiger partial charge in [-0.05, 0) is 31.1 Å². The fourth-order valence-corrected chi connectivity index (χ4v) is 8.47. The Bertz CT molecular complexity index is 869. The van der Waals surface area contributed by atoms with Gasteiger partial charge >= 0.3 is 20.4 Å². The van der Waals surface area contributed by atoms with Gasteiger partial charge in [-0.15, -0.1) is 0 Å². The molecule has 0 spiro atoms. The van der Waals surface area contributed by atoms with Crippen molar-refractivity contribution in [1.82, 2.24) is 0 Å². The van der Waals surface area contributed by atoms with Crippen LogP contribution in [-0.2, 0) is 20.4 Å². The Balaban J connectivity index is 0.000000648. The standard InChI is InChI=1S/C16H19P.C16H18P.2ClH.Pd/c2*1-2-3-14-17(15-10-6-4-7-11-15)16-12-8-5-9-13-16;;;/h4-13H,2-3,14H2,1H3;4-14H,2-3H2,1H3;2*1H;/q;-1;;;+2/p-2. The zero-order valence-corrected chi connectivity index (χ0v) is 26.5. The second kappa shape index (κ2) is 21.9. The smallest absolute Gasteiger partial charge is 1.00 e. The van der Waals surface area contributed by atoms with Crippen LogP contribution in [-0.4, -0.2) is 6.16 Å². The molecule has 0 unspecified atom stereocenters. The van der Waals surface area contributed by atoms with Crippen LogP contribution in [0.15, 0.2) is 121 Å². The summed E-state index contributed by atoms with van der Waals surface area (Å²) in [7, 11) is -0.439. The summed E-state index contributed by atoms with van der Waals surface area (Å²) in [6.07, 6.45) is 8.79. The summed E-state index contributed by atoms with van der Waals surface area (Å²) in [5, 5.41) is 5.90. The topological polar surface area (TPSA) is 0 Å². The average Bonchev–Trinajstić information content (AvgIpc) is 2.92. The van der Waals surface area contributed by atoms with Crippen molar-refractivity contribution < 1.29 is 45.2 Å². The van der Waals surface area contributed by atoms with Gasteiger partial charge in [0, 0.05) is 0 Å². The van der Waals surface area contributed by atoms with Crippen molar-refractivity contribution in [3.05, 3.63) is 127 Å². The van der Waals surface area contributed by atoms with E-state index in [1.165, 1.54) is 53.1 Å². The zero-order valence-electron chi connectivity index (χ0n) is 21.6. The van der Waals surface area contributed by atoms with Gasteiger partial charge in [0.2, 0.25) is 0 Å². The Hall–Kier alpha value is -1.02. The van der Waals surface area contributed by atoms with Crippen molar-refractivity contribution in [3.8, 4) is 0 Å². The maximum absolute atomic E-state index is 2.49. The molecule has 0 N–H and O–H groups in total. The molecular formula is C32H37Cl2P2Pd-. The van der Waals surface area contributed by atoms with Crippen LogP contribution < -0.4 is 46.0 Å². The second-order valence-corrected chi connectivity index (χ2v) is 12.7. The van der Waals surface area contributed by atoms with Gasteiger partial charge in [0.05, 0.1) is 0 Å². The minimum absolute atomic E-state index is 0. The van der Waals surface area contributed by atoms with E-state index in [-0.39, 0.29) is 61.1 Å². The van der Waals surface area contributed by atoms with Crippen molar-refractivity contribution >= 4 is 37.1 Å². The van der Waals surface area contributed by atoms with Crippen LogP contribution in [0.1, 0.15) is 39.5 Å². The monoisotopic (exact) mass is 659 g/mol. The maximum atomic E-state index is 2.49. The first-order chi connectivity index (χ1) is 16.8. The predicted molar refractivity (Wildman–Crippen MR) is 157 cm³/mol. The van der Waals surface area contributed by atoms with E-state index in [2.05, 4.69) is 141 Å². The van der Waals surface area contributed by atoms with Crippen molar-refractivity contribution in [2.45, 2.75) is 39.5 Å². The summed E-state index contributed by atoms with van der Waals surface area (Å²) in [6, 6.07) is 43.6. The average molecular weight is 661 g/mol. The first kappa shape index (κ1) is 36.0. The molecule has 0 atom stereocenters. The van der Waals surface area contributed by atoms with Crippen molar-refractivity contribution in [3.63, 3.8) is 0 Å². The number of benzene rings is 4. The molecule has 200 valence electrons. The van der Waals surface area contributed by atoms with E-state index in [9.17, 15) is 0 Å². The molecule has 0 fully saturated rings. The zero-order chi connectivity index (χ0) is 23.8. The molecule has 0 aliphatic heterocycles. The summed E-state index contributed by atoms with van der Waals surface area (Å²) < 4.78 is 0. The molecule has 0 heterocycles. The minimum Gasteiger partial charge on any atom is -1.00 e. The van der Waals surface area contributed by atoms with Gasteiger partial charge in [0.25, 0.3) is 0 Å². The summed E-state index contributed by atoms with van der Waals surface area (Å²) >= 11 is 0. The molecule has 0 saturated carbocycles. The van der Waals surface area contributed by atoms with Crippen molar-refractivity contribution in [2.75, 3.05) is 6.16 Å². The molecule has 0 radical (unpaired) electrons. The number of hydrogen-bond acceptors (Lipinski definition) is 0. The van der Waals surface area contributed by atoms with E-state index in [1.807, 2.05) is 0 Å². The summed E-state index contributed by atoms with van der Waals surface area (Å²) in [5.74, 6) is 0. The van der Waals surface area contributed by atoms with Crippen LogP contribution in [0.25, 0.3) is 0 Å². The molecule has 0 aliphatic carbocycles. The van der Waals surface area contributed by atoms with E-state index >= 15 is 0 Å². The minimum atomic E-state index is -0.282. The number of hydrogen-bond donors (Lipinski definition) is 0. The van der Waals surface area contributed by atoms with E-state index in [4.69, 9.17) is 0 Å². The fourth-order valence-electron chi connectivity index (χ4n) is 3.73. The molecule has 5 heteroatoms. The molecule has 0 bridgehead atoms. The predicted octanol–water partition coefficient (Wildman–Crippen LogP) is 2.01. The first-order valence-corrected chi connectivity index (χ1v) is 15.4. The van der Waals surface area contributed by atoms with Gasteiger partial charge in [-0.1, -0.05) is 159 Å². The van der Waals surface area contributed by atoms with Crippen LogP contribution in [0, 0.1) is 6.16 Å². The molecule has 0 amide bonds. The van der Waals surface area contributed by atoms with Gasteiger partial charge < -0.3 is 24.8 Å². The Morgan fingerprint density at radius 1 is 0.514 bits per heavy atom. The second-order valence-electron chi connectivity index (χ2n) is 8.19. The molecule has 0 saturated heterocycles. The molecule has 0 aromatic heterocycles. The number of unbranched alkanes of at least 4 members (excludes halogenated alkanes) is 2. The largest absolute Gasteiger partial charge is 2.00 e. The van der Waals surface area contributed by atoms with Gasteiger partial charge in [-0.25, -0.2) is 7.92 Å². The van der Waals surface area contributed by atoms with Crippen molar-refractivity contribution in [2.24, 2.45) is 0 Å². The molecule has 4 aromatic carbocycles. The molecule has 4 aromatic rings. The summed E-state index contributed by atoms with van der Waals surface area (Å²) in [6.45, 7) is 4.50. The quantitative estimate of drug-likeness (QED) is 0.139. The molecule has 0 aliphatic rings. The van der Waals surface area contributed by atoms with Crippen LogP contribution in [0.2, 0.25) is 0 Å². The van der Waals surface area contributed by atoms with Gasteiger partial charge in [0.15, 0.2) is 0 Å². The van der Waals surface area contributed by atoms with Gasteiger partial charge in [-0.3, -0.25) is 6.16 Å². The Morgan fingerprint density at radius 2 is 0.865 bits per heavy atom. The first-order valence-electron chi connectivity index (χ1n) is 12.4. The normalized spacial score (nSPS) is 9.84.